The van der Waals surface area contributed by atoms with Gasteiger partial charge in [0, 0.05) is 56.0 Å². The van der Waals surface area contributed by atoms with Crippen molar-refractivity contribution in [2.24, 2.45) is 12.5 Å². The summed E-state index contributed by atoms with van der Waals surface area (Å²) in [6.07, 6.45) is 5.58. The van der Waals surface area contributed by atoms with E-state index in [0.29, 0.717) is 12.0 Å². The van der Waals surface area contributed by atoms with Crippen molar-refractivity contribution in [2.75, 3.05) is 24.5 Å². The van der Waals surface area contributed by atoms with Gasteiger partial charge in [-0.2, -0.15) is 10.4 Å². The molecule has 0 N–H and O–H groups in total. The van der Waals surface area contributed by atoms with Crippen LogP contribution in [0.3, 0.4) is 0 Å². The van der Waals surface area contributed by atoms with Crippen LogP contribution in [0.2, 0.25) is 0 Å². The van der Waals surface area contributed by atoms with Crippen LogP contribution < -0.4 is 4.90 Å². The molecule has 0 bridgehead atoms. The van der Waals surface area contributed by atoms with Crippen LogP contribution in [0.4, 0.5) is 5.69 Å². The van der Waals surface area contributed by atoms with Gasteiger partial charge in [0.1, 0.15) is 0 Å². The number of nitriles is 1. The van der Waals surface area contributed by atoms with Gasteiger partial charge in [-0.1, -0.05) is 6.07 Å². The molecule has 3 heterocycles. The number of hydrogen-bond acceptors (Lipinski definition) is 4. The highest BCUT2D eigenvalue weighted by Gasteiger charge is 2.47. The highest BCUT2D eigenvalue weighted by Crippen LogP contribution is 2.42. The molecule has 2 saturated heterocycles. The Morgan fingerprint density at radius 3 is 3.00 bits per heavy atom. The van der Waals surface area contributed by atoms with E-state index in [0.717, 1.165) is 38.3 Å². The Balaban J connectivity index is 1.47. The van der Waals surface area contributed by atoms with Crippen LogP contribution >= 0.6 is 0 Å². The molecule has 4 rings (SSSR count). The SMILES string of the molecule is Cn1cc(CN2CC[C@]3(CC(=O)N(c4cccc(C#N)c4)C3)C2)cn1. The van der Waals surface area contributed by atoms with Crippen LogP contribution in [0.25, 0.3) is 0 Å². The maximum Gasteiger partial charge on any atom is 0.227 e. The zero-order chi connectivity index (χ0) is 17.4. The van der Waals surface area contributed by atoms with Crippen LogP contribution in [0.5, 0.6) is 0 Å². The third-order valence-electron chi connectivity index (χ3n) is 5.29. The van der Waals surface area contributed by atoms with Gasteiger partial charge in [-0.05, 0) is 31.2 Å². The Hall–Kier alpha value is -2.65. The predicted molar refractivity (Wildman–Crippen MR) is 93.7 cm³/mol. The van der Waals surface area contributed by atoms with E-state index >= 15 is 0 Å². The molecule has 6 nitrogen and oxygen atoms in total. The number of hydrogen-bond donors (Lipinski definition) is 0. The van der Waals surface area contributed by atoms with Gasteiger partial charge in [0.25, 0.3) is 0 Å². The van der Waals surface area contributed by atoms with Crippen molar-refractivity contribution in [2.45, 2.75) is 19.4 Å². The Labute approximate surface area is 147 Å². The van der Waals surface area contributed by atoms with E-state index in [1.54, 1.807) is 12.1 Å². The number of aromatic nitrogens is 2. The van der Waals surface area contributed by atoms with E-state index in [9.17, 15) is 4.79 Å². The van der Waals surface area contributed by atoms with Gasteiger partial charge < -0.3 is 4.90 Å². The van der Waals surface area contributed by atoms with Crippen molar-refractivity contribution in [1.29, 1.82) is 5.26 Å². The molecule has 2 aliphatic rings. The number of carbonyl (C=O) groups excluding carboxylic acids is 1. The van der Waals surface area contributed by atoms with E-state index in [1.807, 2.05) is 41.2 Å². The fourth-order valence-electron chi connectivity index (χ4n) is 4.12. The highest BCUT2D eigenvalue weighted by atomic mass is 16.2. The summed E-state index contributed by atoms with van der Waals surface area (Å²) in [5, 5.41) is 13.3. The van der Waals surface area contributed by atoms with Crippen molar-refractivity contribution in [3.63, 3.8) is 0 Å². The quantitative estimate of drug-likeness (QED) is 0.859. The molecule has 2 aliphatic heterocycles. The second kappa shape index (κ2) is 6.01. The van der Waals surface area contributed by atoms with Crippen LogP contribution in [-0.2, 0) is 18.4 Å². The smallest absolute Gasteiger partial charge is 0.227 e. The molecule has 2 fully saturated rings. The first kappa shape index (κ1) is 15.9. The lowest BCUT2D eigenvalue weighted by Crippen LogP contribution is -2.31. The maximum atomic E-state index is 12.6. The molecule has 1 aromatic heterocycles. The van der Waals surface area contributed by atoms with E-state index in [1.165, 1.54) is 5.56 Å². The molecule has 0 radical (unpaired) electrons. The summed E-state index contributed by atoms with van der Waals surface area (Å²) >= 11 is 0. The molecule has 1 atom stereocenters. The summed E-state index contributed by atoms with van der Waals surface area (Å²) in [5.41, 5.74) is 2.67. The monoisotopic (exact) mass is 335 g/mol. The number of aryl methyl sites for hydroxylation is 1. The molecule has 2 aromatic rings. The van der Waals surface area contributed by atoms with E-state index in [2.05, 4.69) is 16.1 Å². The Morgan fingerprint density at radius 2 is 2.24 bits per heavy atom. The molecular weight excluding hydrogens is 314 g/mol. The average Bonchev–Trinajstić information content (AvgIpc) is 3.28. The number of benzene rings is 1. The summed E-state index contributed by atoms with van der Waals surface area (Å²) in [6, 6.07) is 9.48. The molecular formula is C19H21N5O. The fourth-order valence-corrected chi connectivity index (χ4v) is 4.12. The second-order valence-corrected chi connectivity index (χ2v) is 7.30. The molecule has 0 unspecified atom stereocenters. The summed E-state index contributed by atoms with van der Waals surface area (Å²) in [6.45, 7) is 3.56. The Morgan fingerprint density at radius 1 is 1.36 bits per heavy atom. The fraction of sp³-hybridized carbons (Fsp3) is 0.421. The van der Waals surface area contributed by atoms with Gasteiger partial charge in [-0.3, -0.25) is 14.4 Å². The maximum absolute atomic E-state index is 12.6. The zero-order valence-corrected chi connectivity index (χ0v) is 14.4. The van der Waals surface area contributed by atoms with Gasteiger partial charge in [0.15, 0.2) is 0 Å². The van der Waals surface area contributed by atoms with Crippen molar-refractivity contribution in [1.82, 2.24) is 14.7 Å². The van der Waals surface area contributed by atoms with Crippen molar-refractivity contribution < 1.29 is 4.79 Å². The van der Waals surface area contributed by atoms with E-state index in [-0.39, 0.29) is 11.3 Å². The molecule has 128 valence electrons. The van der Waals surface area contributed by atoms with Gasteiger partial charge in [-0.25, -0.2) is 0 Å². The topological polar surface area (TPSA) is 65.2 Å². The number of likely N-dealkylation sites (tertiary alicyclic amines) is 1. The van der Waals surface area contributed by atoms with Crippen LogP contribution in [0, 0.1) is 16.7 Å². The normalized spacial score (nSPS) is 23.5. The summed E-state index contributed by atoms with van der Waals surface area (Å²) in [5.74, 6) is 0.165. The first-order valence-electron chi connectivity index (χ1n) is 8.57. The summed E-state index contributed by atoms with van der Waals surface area (Å²) < 4.78 is 1.82. The lowest BCUT2D eigenvalue weighted by Gasteiger charge is -2.24. The number of carbonyl (C=O) groups is 1. The van der Waals surface area contributed by atoms with Crippen LogP contribution in [-0.4, -0.2) is 40.2 Å². The van der Waals surface area contributed by atoms with Gasteiger partial charge in [-0.15, -0.1) is 0 Å². The Kier molecular flexibility index (Phi) is 3.81. The minimum atomic E-state index is 0.0297. The molecule has 0 aliphatic carbocycles. The second-order valence-electron chi connectivity index (χ2n) is 7.30. The van der Waals surface area contributed by atoms with Crippen molar-refractivity contribution in [3.05, 3.63) is 47.8 Å². The molecule has 1 spiro atoms. The molecule has 6 heteroatoms. The number of rotatable bonds is 3. The van der Waals surface area contributed by atoms with Crippen molar-refractivity contribution >= 4 is 11.6 Å². The molecule has 1 aromatic carbocycles. The predicted octanol–water partition coefficient (Wildman–Crippen LogP) is 1.92. The molecule has 0 saturated carbocycles. The molecule has 1 amide bonds. The first-order chi connectivity index (χ1) is 12.1. The average molecular weight is 335 g/mol. The molecule has 25 heavy (non-hydrogen) atoms. The zero-order valence-electron chi connectivity index (χ0n) is 14.4. The summed E-state index contributed by atoms with van der Waals surface area (Å²) in [7, 11) is 1.93. The van der Waals surface area contributed by atoms with Gasteiger partial charge in [0.05, 0.1) is 17.8 Å². The third kappa shape index (κ3) is 3.03. The van der Waals surface area contributed by atoms with Crippen molar-refractivity contribution in [3.8, 4) is 6.07 Å². The lowest BCUT2D eigenvalue weighted by molar-refractivity contribution is -0.117. The summed E-state index contributed by atoms with van der Waals surface area (Å²) in [4.78, 5) is 16.9. The largest absolute Gasteiger partial charge is 0.312 e. The van der Waals surface area contributed by atoms with Crippen LogP contribution in [0.1, 0.15) is 24.0 Å². The highest BCUT2D eigenvalue weighted by molar-refractivity contribution is 5.96. The number of nitrogens with zero attached hydrogens (tertiary/aromatic N) is 5. The van der Waals surface area contributed by atoms with E-state index in [4.69, 9.17) is 5.26 Å². The van der Waals surface area contributed by atoms with Crippen LogP contribution in [0.15, 0.2) is 36.7 Å². The van der Waals surface area contributed by atoms with E-state index < -0.39 is 0 Å². The standard InChI is InChI=1S/C19H21N5O/c1-22-11-16(10-21-22)12-23-6-5-19(13-23)8-18(25)24(14-19)17-4-2-3-15(7-17)9-20/h2-4,7,10-11H,5-6,8,12-14H2,1H3/t19-/m0/s1. The minimum absolute atomic E-state index is 0.0297. The third-order valence-corrected chi connectivity index (χ3v) is 5.29. The minimum Gasteiger partial charge on any atom is -0.312 e. The van der Waals surface area contributed by atoms with Gasteiger partial charge in [0.2, 0.25) is 5.91 Å². The lowest BCUT2D eigenvalue weighted by atomic mass is 9.86. The number of anilines is 1. The number of amides is 1. The first-order valence-corrected chi connectivity index (χ1v) is 8.57. The Bertz CT molecular complexity index is 851. The van der Waals surface area contributed by atoms with Gasteiger partial charge >= 0.3 is 0 Å².